The fourth-order valence-electron chi connectivity index (χ4n) is 10.5. The lowest BCUT2D eigenvalue weighted by Crippen LogP contribution is -2.28. The SMILES string of the molecule is CC(C)Cc1ccc(N(c2ccc(CC(C)C)cc2)c2ccc(-c3ccc(C4(c5ccc(-c6nc(-c7ccccc7)nc(-c7ccccc7)n6)cc5)c5ccccc5-c5ccccc54)cc3)cc2)cc1. The summed E-state index contributed by atoms with van der Waals surface area (Å²) in [7, 11) is 0. The maximum Gasteiger partial charge on any atom is 0.164 e. The van der Waals surface area contributed by atoms with Gasteiger partial charge in [0.25, 0.3) is 0 Å². The highest BCUT2D eigenvalue weighted by molar-refractivity contribution is 5.87. The fraction of sp³-hybridized carbons (Fsp3) is 0.136. The van der Waals surface area contributed by atoms with Gasteiger partial charge in [-0.3, -0.25) is 0 Å². The van der Waals surface area contributed by atoms with E-state index in [1.807, 2.05) is 60.7 Å². The minimum absolute atomic E-state index is 0.562. The Kier molecular flexibility index (Phi) is 12.1. The number of hydrogen-bond acceptors (Lipinski definition) is 4. The van der Waals surface area contributed by atoms with Gasteiger partial charge >= 0.3 is 0 Å². The first kappa shape index (κ1) is 44.3. The zero-order valence-electron chi connectivity index (χ0n) is 40.3. The van der Waals surface area contributed by atoms with Crippen LogP contribution in [0.1, 0.15) is 61.1 Å². The predicted molar refractivity (Wildman–Crippen MR) is 291 cm³/mol. The van der Waals surface area contributed by atoms with E-state index in [0.29, 0.717) is 29.3 Å². The van der Waals surface area contributed by atoms with E-state index in [1.165, 1.54) is 55.6 Å². The Balaban J connectivity index is 0.964. The first-order chi connectivity index (χ1) is 34.3. The van der Waals surface area contributed by atoms with E-state index in [-0.39, 0.29) is 0 Å². The van der Waals surface area contributed by atoms with Crippen molar-refractivity contribution >= 4 is 17.1 Å². The molecule has 1 aliphatic rings. The van der Waals surface area contributed by atoms with Gasteiger partial charge in [-0.15, -0.1) is 0 Å². The summed E-state index contributed by atoms with van der Waals surface area (Å²) in [5, 5.41) is 0. The smallest absolute Gasteiger partial charge is 0.164 e. The Bertz CT molecular complexity index is 3220. The molecule has 4 heteroatoms. The third kappa shape index (κ3) is 8.51. The molecular formula is C66H56N4. The van der Waals surface area contributed by atoms with Crippen LogP contribution in [0.5, 0.6) is 0 Å². The average Bonchev–Trinajstić information content (AvgIpc) is 3.71. The molecule has 0 atom stereocenters. The van der Waals surface area contributed by atoms with Gasteiger partial charge in [0.2, 0.25) is 0 Å². The molecule has 0 aliphatic heterocycles. The molecule has 4 nitrogen and oxygen atoms in total. The molecule has 0 amide bonds. The number of fused-ring (bicyclic) bond motifs is 3. The van der Waals surface area contributed by atoms with Crippen molar-refractivity contribution in [1.82, 2.24) is 15.0 Å². The van der Waals surface area contributed by atoms with Crippen molar-refractivity contribution in [3.63, 3.8) is 0 Å². The topological polar surface area (TPSA) is 41.9 Å². The van der Waals surface area contributed by atoms with Gasteiger partial charge in [-0.25, -0.2) is 15.0 Å². The lowest BCUT2D eigenvalue weighted by atomic mass is 9.67. The monoisotopic (exact) mass is 904 g/mol. The van der Waals surface area contributed by atoms with E-state index in [1.54, 1.807) is 0 Å². The van der Waals surface area contributed by atoms with Crippen LogP contribution in [0.4, 0.5) is 17.1 Å². The van der Waals surface area contributed by atoms with Crippen molar-refractivity contribution in [3.05, 3.63) is 264 Å². The van der Waals surface area contributed by atoms with Crippen molar-refractivity contribution in [2.75, 3.05) is 4.90 Å². The number of nitrogens with zero attached hydrogens (tertiary/aromatic N) is 4. The molecule has 0 saturated carbocycles. The van der Waals surface area contributed by atoms with Crippen molar-refractivity contribution < 1.29 is 0 Å². The molecule has 70 heavy (non-hydrogen) atoms. The summed E-state index contributed by atoms with van der Waals surface area (Å²) in [4.78, 5) is 17.4. The predicted octanol–water partition coefficient (Wildman–Crippen LogP) is 16.8. The number of anilines is 3. The largest absolute Gasteiger partial charge is 0.311 e. The lowest BCUT2D eigenvalue weighted by Gasteiger charge is -2.34. The quantitative estimate of drug-likeness (QED) is 0.116. The highest BCUT2D eigenvalue weighted by Crippen LogP contribution is 2.56. The number of aromatic nitrogens is 3. The van der Waals surface area contributed by atoms with Crippen LogP contribution in [0.2, 0.25) is 0 Å². The van der Waals surface area contributed by atoms with Crippen molar-refractivity contribution in [3.8, 4) is 56.4 Å². The van der Waals surface area contributed by atoms with Gasteiger partial charge < -0.3 is 4.90 Å². The van der Waals surface area contributed by atoms with Crippen LogP contribution in [0.3, 0.4) is 0 Å². The van der Waals surface area contributed by atoms with E-state index < -0.39 is 5.41 Å². The summed E-state index contributed by atoms with van der Waals surface area (Å²) in [6, 6.07) is 83.5. The fourth-order valence-corrected chi connectivity index (χ4v) is 10.5. The van der Waals surface area contributed by atoms with Crippen molar-refractivity contribution in [2.45, 2.75) is 46.0 Å². The minimum atomic E-state index is -0.562. The third-order valence-electron chi connectivity index (χ3n) is 13.7. The molecule has 10 aromatic rings. The zero-order valence-corrected chi connectivity index (χ0v) is 40.3. The van der Waals surface area contributed by atoms with Gasteiger partial charge in [-0.2, -0.15) is 0 Å². The van der Waals surface area contributed by atoms with Crippen LogP contribution in [0.15, 0.2) is 231 Å². The Morgan fingerprint density at radius 3 is 1.03 bits per heavy atom. The molecule has 0 N–H and O–H groups in total. The van der Waals surface area contributed by atoms with Crippen LogP contribution in [-0.2, 0) is 18.3 Å². The summed E-state index contributed by atoms with van der Waals surface area (Å²) < 4.78 is 0. The lowest BCUT2D eigenvalue weighted by molar-refractivity contribution is 0.647. The maximum absolute atomic E-state index is 5.06. The normalized spacial score (nSPS) is 12.5. The Labute approximate surface area is 413 Å². The molecular weight excluding hydrogens is 849 g/mol. The summed E-state index contributed by atoms with van der Waals surface area (Å²) in [5.41, 5.74) is 18.2. The number of benzene rings is 9. The first-order valence-corrected chi connectivity index (χ1v) is 24.7. The summed E-state index contributed by atoms with van der Waals surface area (Å²) >= 11 is 0. The summed E-state index contributed by atoms with van der Waals surface area (Å²) in [5.74, 6) is 3.15. The summed E-state index contributed by atoms with van der Waals surface area (Å²) in [6.45, 7) is 9.11. The van der Waals surface area contributed by atoms with Gasteiger partial charge in [0, 0.05) is 33.8 Å². The number of rotatable bonds is 13. The van der Waals surface area contributed by atoms with Gasteiger partial charge in [-0.05, 0) is 117 Å². The summed E-state index contributed by atoms with van der Waals surface area (Å²) in [6.07, 6.45) is 2.14. The van der Waals surface area contributed by atoms with Crippen LogP contribution in [-0.4, -0.2) is 15.0 Å². The molecule has 0 fully saturated rings. The van der Waals surface area contributed by atoms with Crippen LogP contribution in [0, 0.1) is 11.8 Å². The van der Waals surface area contributed by atoms with E-state index in [0.717, 1.165) is 46.6 Å². The number of hydrogen-bond donors (Lipinski definition) is 0. The Hall–Kier alpha value is -8.21. The molecule has 340 valence electrons. The van der Waals surface area contributed by atoms with Gasteiger partial charge in [0.1, 0.15) is 0 Å². The third-order valence-corrected chi connectivity index (χ3v) is 13.7. The first-order valence-electron chi connectivity index (χ1n) is 24.7. The molecule has 0 unspecified atom stereocenters. The zero-order chi connectivity index (χ0) is 47.6. The second-order valence-corrected chi connectivity index (χ2v) is 19.4. The van der Waals surface area contributed by atoms with Gasteiger partial charge in [0.15, 0.2) is 17.5 Å². The van der Waals surface area contributed by atoms with E-state index in [2.05, 4.69) is 202 Å². The second kappa shape index (κ2) is 19.1. The highest BCUT2D eigenvalue weighted by Gasteiger charge is 2.46. The molecule has 1 heterocycles. The molecule has 11 rings (SSSR count). The van der Waals surface area contributed by atoms with Crippen molar-refractivity contribution in [1.29, 1.82) is 0 Å². The Morgan fingerprint density at radius 1 is 0.329 bits per heavy atom. The van der Waals surface area contributed by atoms with Gasteiger partial charge in [0.05, 0.1) is 5.41 Å². The van der Waals surface area contributed by atoms with Crippen LogP contribution >= 0.6 is 0 Å². The van der Waals surface area contributed by atoms with E-state index >= 15 is 0 Å². The molecule has 0 radical (unpaired) electrons. The van der Waals surface area contributed by atoms with Crippen LogP contribution in [0.25, 0.3) is 56.4 Å². The molecule has 1 aliphatic carbocycles. The molecule has 0 spiro atoms. The Morgan fingerprint density at radius 2 is 0.643 bits per heavy atom. The minimum Gasteiger partial charge on any atom is -0.311 e. The van der Waals surface area contributed by atoms with E-state index in [4.69, 9.17) is 15.0 Å². The average molecular weight is 905 g/mol. The molecule has 0 bridgehead atoms. The maximum atomic E-state index is 5.06. The second-order valence-electron chi connectivity index (χ2n) is 19.4. The van der Waals surface area contributed by atoms with Crippen molar-refractivity contribution in [2.24, 2.45) is 11.8 Å². The molecule has 0 saturated heterocycles. The van der Waals surface area contributed by atoms with E-state index in [9.17, 15) is 0 Å². The van der Waals surface area contributed by atoms with Gasteiger partial charge in [-0.1, -0.05) is 222 Å². The molecule has 1 aromatic heterocycles. The molecule has 9 aromatic carbocycles. The van der Waals surface area contributed by atoms with Crippen LogP contribution < -0.4 is 4.90 Å². The standard InChI is InChI=1S/C66H56N4/c1-45(2)43-47-23-37-56(38-24-47)70(57-39-25-48(26-40-57)44-46(3)4)58-41-31-50(32-42-58)49-27-33-54(34-28-49)66(61-21-13-11-19-59(61)60-20-12-14-22-62(60)66)55-35-29-53(30-36-55)65-68-63(51-15-7-5-8-16-51)67-64(69-65)52-17-9-6-10-18-52/h5-42,45-46H,43-44H2,1-4H3. The highest BCUT2D eigenvalue weighted by atomic mass is 15.1.